The van der Waals surface area contributed by atoms with Crippen LogP contribution in [0, 0.1) is 5.92 Å². The van der Waals surface area contributed by atoms with Crippen LogP contribution < -0.4 is 0 Å². The molecule has 0 spiro atoms. The highest BCUT2D eigenvalue weighted by Crippen LogP contribution is 2.29. The van der Waals surface area contributed by atoms with Gasteiger partial charge in [0.1, 0.15) is 0 Å². The number of hydrogen-bond donors (Lipinski definition) is 1. The molecule has 2 heteroatoms. The van der Waals surface area contributed by atoms with E-state index >= 15 is 0 Å². The van der Waals surface area contributed by atoms with Gasteiger partial charge < -0.3 is 5.11 Å². The third-order valence-corrected chi connectivity index (χ3v) is 2.83. The third-order valence-electron chi connectivity index (χ3n) is 2.11. The Morgan fingerprint density at radius 1 is 1.38 bits per heavy atom. The summed E-state index contributed by atoms with van der Waals surface area (Å²) in [4.78, 5) is 0. The van der Waals surface area contributed by atoms with Crippen LogP contribution in [0.1, 0.15) is 18.6 Å². The van der Waals surface area contributed by atoms with E-state index in [1.807, 2.05) is 37.3 Å². The van der Waals surface area contributed by atoms with Gasteiger partial charge in [0.25, 0.3) is 0 Å². The lowest BCUT2D eigenvalue weighted by atomic mass is 9.98. The summed E-state index contributed by atoms with van der Waals surface area (Å²) in [5.41, 5.74) is 0.926. The second-order valence-electron chi connectivity index (χ2n) is 3.09. The number of benzene rings is 1. The minimum atomic E-state index is -0.479. The lowest BCUT2D eigenvalue weighted by Crippen LogP contribution is -2.08. The van der Waals surface area contributed by atoms with Crippen molar-refractivity contribution in [1.29, 1.82) is 0 Å². The molecule has 1 N–H and O–H groups in total. The molecular formula is C11H13BrO. The van der Waals surface area contributed by atoms with Crippen molar-refractivity contribution in [3.8, 4) is 0 Å². The Morgan fingerprint density at radius 2 is 1.92 bits per heavy atom. The van der Waals surface area contributed by atoms with Crippen molar-refractivity contribution in [1.82, 2.24) is 0 Å². The molecule has 0 bridgehead atoms. The average Bonchev–Trinajstić information content (AvgIpc) is 2.17. The molecule has 0 aliphatic carbocycles. The SMILES string of the molecule is C=C(Br)[C@@H](C)[C@H](O)c1ccccc1. The Bertz CT molecular complexity index is 281. The molecule has 0 radical (unpaired) electrons. The summed E-state index contributed by atoms with van der Waals surface area (Å²) in [5, 5.41) is 9.87. The summed E-state index contributed by atoms with van der Waals surface area (Å²) >= 11 is 3.28. The van der Waals surface area contributed by atoms with Crippen LogP contribution in [0.15, 0.2) is 41.4 Å². The highest BCUT2D eigenvalue weighted by molar-refractivity contribution is 9.11. The lowest BCUT2D eigenvalue weighted by Gasteiger charge is -2.17. The van der Waals surface area contributed by atoms with Crippen molar-refractivity contribution >= 4 is 15.9 Å². The summed E-state index contributed by atoms with van der Waals surface area (Å²) in [5.74, 6) is 0.0300. The van der Waals surface area contributed by atoms with Crippen molar-refractivity contribution in [2.24, 2.45) is 5.92 Å². The molecule has 0 amide bonds. The number of aliphatic hydroxyl groups is 1. The van der Waals surface area contributed by atoms with E-state index in [4.69, 9.17) is 0 Å². The molecule has 1 aromatic rings. The Hall–Kier alpha value is -0.600. The average molecular weight is 241 g/mol. The summed E-state index contributed by atoms with van der Waals surface area (Å²) in [6.45, 7) is 5.70. The smallest absolute Gasteiger partial charge is 0.0860 e. The molecule has 1 aromatic carbocycles. The van der Waals surface area contributed by atoms with E-state index in [2.05, 4.69) is 22.5 Å². The van der Waals surface area contributed by atoms with Gasteiger partial charge in [-0.2, -0.15) is 0 Å². The highest BCUT2D eigenvalue weighted by atomic mass is 79.9. The largest absolute Gasteiger partial charge is 0.388 e. The maximum absolute atomic E-state index is 9.87. The molecule has 0 heterocycles. The van der Waals surface area contributed by atoms with E-state index in [0.717, 1.165) is 10.0 Å². The zero-order valence-electron chi connectivity index (χ0n) is 7.57. The second-order valence-corrected chi connectivity index (χ2v) is 4.11. The summed E-state index contributed by atoms with van der Waals surface area (Å²) in [6, 6.07) is 9.60. The van der Waals surface area contributed by atoms with Crippen molar-refractivity contribution in [3.63, 3.8) is 0 Å². The zero-order valence-corrected chi connectivity index (χ0v) is 9.16. The summed E-state index contributed by atoms with van der Waals surface area (Å²) in [7, 11) is 0. The molecule has 2 atom stereocenters. The first-order chi connectivity index (χ1) is 6.13. The van der Waals surface area contributed by atoms with Crippen molar-refractivity contribution in [2.75, 3.05) is 0 Å². The monoisotopic (exact) mass is 240 g/mol. The Balaban J connectivity index is 2.79. The summed E-state index contributed by atoms with van der Waals surface area (Å²) < 4.78 is 0.823. The first kappa shape index (κ1) is 10.5. The summed E-state index contributed by atoms with van der Waals surface area (Å²) in [6.07, 6.45) is -0.479. The van der Waals surface area contributed by atoms with Gasteiger partial charge in [-0.1, -0.05) is 59.8 Å². The molecular weight excluding hydrogens is 228 g/mol. The first-order valence-electron chi connectivity index (χ1n) is 4.20. The fraction of sp³-hybridized carbons (Fsp3) is 0.273. The lowest BCUT2D eigenvalue weighted by molar-refractivity contribution is 0.138. The molecule has 0 fully saturated rings. The predicted octanol–water partition coefficient (Wildman–Crippen LogP) is 3.26. The fourth-order valence-electron chi connectivity index (χ4n) is 1.11. The van der Waals surface area contributed by atoms with Crippen LogP contribution in [0.2, 0.25) is 0 Å². The molecule has 1 rings (SSSR count). The van der Waals surface area contributed by atoms with Gasteiger partial charge >= 0.3 is 0 Å². The van der Waals surface area contributed by atoms with Crippen molar-refractivity contribution in [2.45, 2.75) is 13.0 Å². The van der Waals surface area contributed by atoms with Crippen molar-refractivity contribution in [3.05, 3.63) is 47.0 Å². The predicted molar refractivity (Wildman–Crippen MR) is 58.6 cm³/mol. The molecule has 0 saturated heterocycles. The molecule has 0 aromatic heterocycles. The third kappa shape index (κ3) is 2.68. The minimum absolute atomic E-state index is 0.0300. The van der Waals surface area contributed by atoms with Gasteiger partial charge in [0.2, 0.25) is 0 Å². The molecule has 0 aliphatic heterocycles. The van der Waals surface area contributed by atoms with E-state index in [9.17, 15) is 5.11 Å². The normalized spacial score (nSPS) is 15.0. The van der Waals surface area contributed by atoms with E-state index in [-0.39, 0.29) is 5.92 Å². The van der Waals surface area contributed by atoms with Crippen LogP contribution in [0.3, 0.4) is 0 Å². The Labute approximate surface area is 87.2 Å². The van der Waals surface area contributed by atoms with Crippen LogP contribution in [0.25, 0.3) is 0 Å². The van der Waals surface area contributed by atoms with E-state index in [1.165, 1.54) is 0 Å². The molecule has 1 nitrogen and oxygen atoms in total. The number of halogens is 1. The Morgan fingerprint density at radius 3 is 2.38 bits per heavy atom. The molecule has 0 unspecified atom stereocenters. The molecule has 70 valence electrons. The van der Waals surface area contributed by atoms with Crippen molar-refractivity contribution < 1.29 is 5.11 Å². The molecule has 0 saturated carbocycles. The number of hydrogen-bond acceptors (Lipinski definition) is 1. The van der Waals surface area contributed by atoms with Crippen LogP contribution in [-0.2, 0) is 0 Å². The van der Waals surface area contributed by atoms with Crippen LogP contribution in [0.5, 0.6) is 0 Å². The molecule has 13 heavy (non-hydrogen) atoms. The van der Waals surface area contributed by atoms with Gasteiger partial charge in [0, 0.05) is 5.92 Å². The van der Waals surface area contributed by atoms with Gasteiger partial charge in [-0.25, -0.2) is 0 Å². The van der Waals surface area contributed by atoms with E-state index in [1.54, 1.807) is 0 Å². The van der Waals surface area contributed by atoms with Gasteiger partial charge in [0.15, 0.2) is 0 Å². The maximum atomic E-state index is 9.87. The quantitative estimate of drug-likeness (QED) is 0.861. The Kier molecular flexibility index (Phi) is 3.70. The van der Waals surface area contributed by atoms with Gasteiger partial charge in [-0.05, 0) is 10.0 Å². The molecule has 0 aliphatic rings. The second kappa shape index (κ2) is 4.58. The van der Waals surface area contributed by atoms with Crippen LogP contribution in [0.4, 0.5) is 0 Å². The number of aliphatic hydroxyl groups excluding tert-OH is 1. The van der Waals surface area contributed by atoms with E-state index < -0.39 is 6.10 Å². The minimum Gasteiger partial charge on any atom is -0.388 e. The highest BCUT2D eigenvalue weighted by Gasteiger charge is 2.16. The first-order valence-corrected chi connectivity index (χ1v) is 4.99. The van der Waals surface area contributed by atoms with Gasteiger partial charge in [-0.3, -0.25) is 0 Å². The standard InChI is InChI=1S/C11H13BrO/c1-8(9(2)12)11(13)10-6-4-3-5-7-10/h3-8,11,13H,2H2,1H3/t8-,11+/m1/s1. The van der Waals surface area contributed by atoms with Gasteiger partial charge in [-0.15, -0.1) is 0 Å². The zero-order chi connectivity index (χ0) is 9.84. The number of rotatable bonds is 3. The van der Waals surface area contributed by atoms with E-state index in [0.29, 0.717) is 0 Å². The van der Waals surface area contributed by atoms with Crippen LogP contribution >= 0.6 is 15.9 Å². The van der Waals surface area contributed by atoms with Crippen LogP contribution in [-0.4, -0.2) is 5.11 Å². The maximum Gasteiger partial charge on any atom is 0.0860 e. The van der Waals surface area contributed by atoms with Gasteiger partial charge in [0.05, 0.1) is 6.10 Å². The fourth-order valence-corrected chi connectivity index (χ4v) is 1.36. The topological polar surface area (TPSA) is 20.2 Å².